The number of aryl methyl sites for hydroxylation is 1. The molecule has 1 heterocycles. The van der Waals surface area contributed by atoms with Crippen molar-refractivity contribution in [3.8, 4) is 17.2 Å². The van der Waals surface area contributed by atoms with Gasteiger partial charge in [-0.15, -0.1) is 0 Å². The zero-order valence-corrected chi connectivity index (χ0v) is 15.9. The second-order valence-electron chi connectivity index (χ2n) is 5.78. The molecule has 0 spiro atoms. The molecule has 1 aromatic heterocycles. The summed E-state index contributed by atoms with van der Waals surface area (Å²) in [5.41, 5.74) is 1.71. The Bertz CT molecular complexity index is 959. The molecule has 3 rings (SSSR count). The minimum atomic E-state index is -0.389. The molecule has 0 aliphatic rings. The second kappa shape index (κ2) is 8.38. The van der Waals surface area contributed by atoms with Crippen molar-refractivity contribution in [2.24, 2.45) is 0 Å². The van der Waals surface area contributed by atoms with E-state index in [1.54, 1.807) is 24.3 Å². The molecule has 0 bridgehead atoms. The van der Waals surface area contributed by atoms with Gasteiger partial charge in [0.1, 0.15) is 12.1 Å². The third kappa shape index (κ3) is 4.20. The molecule has 9 heteroatoms. The Morgan fingerprint density at radius 1 is 0.857 bits per heavy atom. The molecule has 0 atom stereocenters. The first kappa shape index (κ1) is 19.2. The van der Waals surface area contributed by atoms with E-state index in [1.807, 2.05) is 6.92 Å². The van der Waals surface area contributed by atoms with Crippen LogP contribution in [-0.4, -0.2) is 36.3 Å². The van der Waals surface area contributed by atoms with Crippen LogP contribution in [0.2, 0.25) is 0 Å². The van der Waals surface area contributed by atoms with Crippen LogP contribution in [0.25, 0.3) is 0 Å². The Balaban J connectivity index is 1.85. The van der Waals surface area contributed by atoms with Crippen LogP contribution in [0.3, 0.4) is 0 Å². The van der Waals surface area contributed by atoms with Gasteiger partial charge in [-0.3, -0.25) is 0 Å². The number of nitrogens with zero attached hydrogens (tertiary/aromatic N) is 3. The maximum absolute atomic E-state index is 14.0. The van der Waals surface area contributed by atoms with Crippen LogP contribution >= 0.6 is 0 Å². The van der Waals surface area contributed by atoms with Crippen LogP contribution in [0.4, 0.5) is 27.7 Å². The summed E-state index contributed by atoms with van der Waals surface area (Å²) in [4.78, 5) is 12.4. The van der Waals surface area contributed by atoms with E-state index in [0.717, 1.165) is 5.56 Å². The number of benzene rings is 2. The maximum atomic E-state index is 14.0. The summed E-state index contributed by atoms with van der Waals surface area (Å²) in [5.74, 6) is 1.52. The average Bonchev–Trinajstić information content (AvgIpc) is 2.69. The van der Waals surface area contributed by atoms with Crippen LogP contribution in [0, 0.1) is 12.7 Å². The van der Waals surface area contributed by atoms with Gasteiger partial charge in [0.15, 0.2) is 11.5 Å². The van der Waals surface area contributed by atoms with E-state index < -0.39 is 0 Å². The topological polar surface area (TPSA) is 90.4 Å². The van der Waals surface area contributed by atoms with E-state index in [4.69, 9.17) is 14.2 Å². The number of anilines is 4. The average molecular weight is 385 g/mol. The fourth-order valence-electron chi connectivity index (χ4n) is 2.54. The number of hydrogen-bond donors (Lipinski definition) is 2. The van der Waals surface area contributed by atoms with E-state index in [-0.39, 0.29) is 23.4 Å². The van der Waals surface area contributed by atoms with Gasteiger partial charge in [-0.1, -0.05) is 6.07 Å². The number of halogens is 1. The smallest absolute Gasteiger partial charge is 0.232 e. The van der Waals surface area contributed by atoms with E-state index >= 15 is 0 Å². The highest BCUT2D eigenvalue weighted by Crippen LogP contribution is 2.40. The number of ether oxygens (including phenoxy) is 3. The number of hydrogen-bond acceptors (Lipinski definition) is 8. The lowest BCUT2D eigenvalue weighted by Crippen LogP contribution is -2.04. The van der Waals surface area contributed by atoms with Gasteiger partial charge in [-0.25, -0.2) is 14.4 Å². The van der Waals surface area contributed by atoms with Gasteiger partial charge in [0.25, 0.3) is 0 Å². The number of aromatic nitrogens is 3. The lowest BCUT2D eigenvalue weighted by molar-refractivity contribution is 0.324. The summed E-state index contributed by atoms with van der Waals surface area (Å²) in [5, 5.41) is 5.89. The number of methoxy groups -OCH3 is 3. The Kier molecular flexibility index (Phi) is 5.73. The summed E-state index contributed by atoms with van der Waals surface area (Å²) < 4.78 is 30.0. The summed E-state index contributed by atoms with van der Waals surface area (Å²) in [6.07, 6.45) is 1.32. The summed E-state index contributed by atoms with van der Waals surface area (Å²) in [6.45, 7) is 1.81. The molecule has 3 aromatic rings. The van der Waals surface area contributed by atoms with Crippen LogP contribution in [0.15, 0.2) is 36.7 Å². The van der Waals surface area contributed by atoms with Crippen molar-refractivity contribution in [1.29, 1.82) is 0 Å². The van der Waals surface area contributed by atoms with Crippen molar-refractivity contribution in [2.45, 2.75) is 6.92 Å². The van der Waals surface area contributed by atoms with Crippen LogP contribution in [0.5, 0.6) is 17.2 Å². The van der Waals surface area contributed by atoms with E-state index in [9.17, 15) is 4.39 Å². The molecular weight excluding hydrogens is 365 g/mol. The third-order valence-electron chi connectivity index (χ3n) is 3.86. The Morgan fingerprint density at radius 2 is 1.50 bits per heavy atom. The van der Waals surface area contributed by atoms with Crippen LogP contribution in [0.1, 0.15) is 5.56 Å². The van der Waals surface area contributed by atoms with Crippen molar-refractivity contribution in [2.75, 3.05) is 32.0 Å². The van der Waals surface area contributed by atoms with Crippen LogP contribution in [-0.2, 0) is 0 Å². The lowest BCUT2D eigenvalue weighted by atomic mass is 10.2. The van der Waals surface area contributed by atoms with Gasteiger partial charge >= 0.3 is 0 Å². The Labute approximate surface area is 161 Å². The molecular formula is C19H20FN5O3. The zero-order chi connectivity index (χ0) is 20.1. The maximum Gasteiger partial charge on any atom is 0.232 e. The first-order valence-corrected chi connectivity index (χ1v) is 8.33. The summed E-state index contributed by atoms with van der Waals surface area (Å²) in [7, 11) is 4.59. The largest absolute Gasteiger partial charge is 0.493 e. The Morgan fingerprint density at radius 3 is 2.07 bits per heavy atom. The number of rotatable bonds is 7. The minimum Gasteiger partial charge on any atom is -0.493 e. The first-order chi connectivity index (χ1) is 13.5. The van der Waals surface area contributed by atoms with E-state index in [0.29, 0.717) is 22.9 Å². The van der Waals surface area contributed by atoms with E-state index in [2.05, 4.69) is 25.6 Å². The molecule has 0 radical (unpaired) electrons. The van der Waals surface area contributed by atoms with Crippen molar-refractivity contribution < 1.29 is 18.6 Å². The molecule has 0 saturated heterocycles. The van der Waals surface area contributed by atoms with Gasteiger partial charge in [0.05, 0.1) is 27.0 Å². The van der Waals surface area contributed by atoms with Crippen molar-refractivity contribution >= 4 is 23.3 Å². The van der Waals surface area contributed by atoms with Gasteiger partial charge in [0, 0.05) is 17.8 Å². The monoisotopic (exact) mass is 385 g/mol. The van der Waals surface area contributed by atoms with Crippen molar-refractivity contribution in [3.63, 3.8) is 0 Å². The van der Waals surface area contributed by atoms with E-state index in [1.165, 1.54) is 33.7 Å². The molecule has 2 aromatic carbocycles. The SMILES string of the molecule is COc1cc(Nc2ncnc(Nc3ccc(C)cc3F)n2)cc(OC)c1OC. The zero-order valence-electron chi connectivity index (χ0n) is 15.9. The fraction of sp³-hybridized carbons (Fsp3) is 0.211. The van der Waals surface area contributed by atoms with Gasteiger partial charge in [-0.05, 0) is 24.6 Å². The Hall–Kier alpha value is -3.62. The van der Waals surface area contributed by atoms with Gasteiger partial charge in [-0.2, -0.15) is 4.98 Å². The van der Waals surface area contributed by atoms with Gasteiger partial charge < -0.3 is 24.8 Å². The highest BCUT2D eigenvalue weighted by molar-refractivity contribution is 5.66. The van der Waals surface area contributed by atoms with Crippen molar-refractivity contribution in [3.05, 3.63) is 48.0 Å². The molecule has 0 amide bonds. The lowest BCUT2D eigenvalue weighted by Gasteiger charge is -2.14. The predicted octanol–water partition coefficient (Wildman–Crippen LogP) is 3.83. The highest BCUT2D eigenvalue weighted by atomic mass is 19.1. The third-order valence-corrected chi connectivity index (χ3v) is 3.86. The molecule has 0 unspecified atom stereocenters. The van der Waals surface area contributed by atoms with Gasteiger partial charge in [0.2, 0.25) is 17.6 Å². The first-order valence-electron chi connectivity index (χ1n) is 8.33. The molecule has 0 aliphatic heterocycles. The molecule has 146 valence electrons. The standard InChI is InChI=1S/C19H20FN5O3/c1-11-5-6-14(13(20)7-11)24-19-22-10-21-18(25-19)23-12-8-15(26-2)17(28-4)16(9-12)27-3/h5-10H,1-4H3,(H2,21,22,23,24,25). The van der Waals surface area contributed by atoms with Crippen molar-refractivity contribution in [1.82, 2.24) is 15.0 Å². The van der Waals surface area contributed by atoms with Crippen LogP contribution < -0.4 is 24.8 Å². The minimum absolute atomic E-state index is 0.202. The molecule has 2 N–H and O–H groups in total. The normalized spacial score (nSPS) is 10.3. The molecule has 0 fully saturated rings. The molecule has 8 nitrogen and oxygen atoms in total. The quantitative estimate of drug-likeness (QED) is 0.634. The second-order valence-corrected chi connectivity index (χ2v) is 5.78. The summed E-state index contributed by atoms with van der Waals surface area (Å²) in [6, 6.07) is 8.29. The molecule has 0 aliphatic carbocycles. The molecule has 0 saturated carbocycles. The predicted molar refractivity (Wildman–Crippen MR) is 104 cm³/mol. The number of nitrogens with one attached hydrogen (secondary N) is 2. The fourth-order valence-corrected chi connectivity index (χ4v) is 2.54. The highest BCUT2D eigenvalue weighted by Gasteiger charge is 2.14. The summed E-state index contributed by atoms with van der Waals surface area (Å²) >= 11 is 0. The molecule has 28 heavy (non-hydrogen) atoms.